The van der Waals surface area contributed by atoms with Crippen LogP contribution in [0.1, 0.15) is 24.5 Å². The number of nitrogen functional groups attached to an aromatic ring is 1. The standard InChI is InChI=1S/C15H16IN3O2/c1-20-9-5-6-10(11(7-9)21-2)15-18-13(8-3-4-8)12(16)14(17)19-15/h5-8H,3-4H2,1-2H3,(H2,17,18,19). The van der Waals surface area contributed by atoms with Gasteiger partial charge in [0.25, 0.3) is 0 Å². The van der Waals surface area contributed by atoms with E-state index in [1.54, 1.807) is 14.2 Å². The maximum Gasteiger partial charge on any atom is 0.165 e. The molecule has 5 nitrogen and oxygen atoms in total. The third kappa shape index (κ3) is 2.76. The molecule has 0 amide bonds. The van der Waals surface area contributed by atoms with Gasteiger partial charge in [-0.25, -0.2) is 9.97 Å². The molecule has 1 aromatic carbocycles. The zero-order valence-corrected chi connectivity index (χ0v) is 14.0. The van der Waals surface area contributed by atoms with Crippen LogP contribution in [0, 0.1) is 3.57 Å². The molecule has 0 unspecified atom stereocenters. The third-order valence-corrected chi connectivity index (χ3v) is 4.62. The molecular formula is C15H16IN3O2. The zero-order valence-electron chi connectivity index (χ0n) is 11.9. The Bertz CT molecular complexity index is 687. The fourth-order valence-electron chi connectivity index (χ4n) is 2.21. The molecule has 1 aliphatic rings. The summed E-state index contributed by atoms with van der Waals surface area (Å²) in [5.41, 5.74) is 7.92. The molecule has 2 aromatic rings. The van der Waals surface area contributed by atoms with Gasteiger partial charge in [-0.3, -0.25) is 0 Å². The molecule has 0 radical (unpaired) electrons. The van der Waals surface area contributed by atoms with E-state index in [1.807, 2.05) is 18.2 Å². The fourth-order valence-corrected chi connectivity index (χ4v) is 2.90. The lowest BCUT2D eigenvalue weighted by atomic mass is 10.1. The average Bonchev–Trinajstić information content (AvgIpc) is 3.34. The minimum absolute atomic E-state index is 0.519. The lowest BCUT2D eigenvalue weighted by molar-refractivity contribution is 0.395. The van der Waals surface area contributed by atoms with Crippen LogP contribution in [0.4, 0.5) is 5.82 Å². The highest BCUT2D eigenvalue weighted by Gasteiger charge is 2.29. The predicted molar refractivity (Wildman–Crippen MR) is 89.7 cm³/mol. The molecule has 0 aliphatic heterocycles. The Hall–Kier alpha value is -1.57. The molecule has 0 spiro atoms. The molecule has 110 valence electrons. The van der Waals surface area contributed by atoms with Crippen molar-refractivity contribution in [3.63, 3.8) is 0 Å². The second-order valence-electron chi connectivity index (χ2n) is 4.97. The number of anilines is 1. The van der Waals surface area contributed by atoms with Gasteiger partial charge in [0.05, 0.1) is 29.0 Å². The molecule has 21 heavy (non-hydrogen) atoms. The van der Waals surface area contributed by atoms with Crippen LogP contribution in [-0.2, 0) is 0 Å². The van der Waals surface area contributed by atoms with Crippen molar-refractivity contribution in [2.75, 3.05) is 20.0 Å². The van der Waals surface area contributed by atoms with E-state index in [2.05, 4.69) is 27.6 Å². The van der Waals surface area contributed by atoms with E-state index >= 15 is 0 Å². The summed E-state index contributed by atoms with van der Waals surface area (Å²) in [5, 5.41) is 0. The number of hydrogen-bond acceptors (Lipinski definition) is 5. The number of benzene rings is 1. The van der Waals surface area contributed by atoms with E-state index in [9.17, 15) is 0 Å². The summed E-state index contributed by atoms with van der Waals surface area (Å²) in [5.74, 6) is 3.06. The Balaban J connectivity index is 2.12. The minimum atomic E-state index is 0.519. The molecule has 0 saturated heterocycles. The third-order valence-electron chi connectivity index (χ3n) is 3.52. The maximum absolute atomic E-state index is 6.05. The van der Waals surface area contributed by atoms with E-state index in [-0.39, 0.29) is 0 Å². The van der Waals surface area contributed by atoms with Gasteiger partial charge in [0, 0.05) is 12.0 Å². The van der Waals surface area contributed by atoms with Gasteiger partial charge in [-0.15, -0.1) is 0 Å². The van der Waals surface area contributed by atoms with Crippen molar-refractivity contribution in [1.82, 2.24) is 9.97 Å². The second-order valence-corrected chi connectivity index (χ2v) is 6.05. The molecule has 6 heteroatoms. The highest BCUT2D eigenvalue weighted by atomic mass is 127. The van der Waals surface area contributed by atoms with Gasteiger partial charge < -0.3 is 15.2 Å². The van der Waals surface area contributed by atoms with Crippen LogP contribution in [0.5, 0.6) is 11.5 Å². The number of methoxy groups -OCH3 is 2. The molecule has 3 rings (SSSR count). The quantitative estimate of drug-likeness (QED) is 0.803. The summed E-state index contributed by atoms with van der Waals surface area (Å²) in [6, 6.07) is 5.59. The molecule has 1 aromatic heterocycles. The normalized spacial score (nSPS) is 14.0. The highest BCUT2D eigenvalue weighted by Crippen LogP contribution is 2.43. The molecule has 1 aliphatic carbocycles. The van der Waals surface area contributed by atoms with Crippen LogP contribution in [0.15, 0.2) is 18.2 Å². The van der Waals surface area contributed by atoms with Crippen molar-refractivity contribution >= 4 is 28.4 Å². The monoisotopic (exact) mass is 397 g/mol. The van der Waals surface area contributed by atoms with Crippen molar-refractivity contribution in [1.29, 1.82) is 0 Å². The molecule has 1 saturated carbocycles. The van der Waals surface area contributed by atoms with Crippen molar-refractivity contribution in [3.8, 4) is 22.9 Å². The lowest BCUT2D eigenvalue weighted by Gasteiger charge is -2.12. The number of ether oxygens (including phenoxy) is 2. The van der Waals surface area contributed by atoms with E-state index in [0.29, 0.717) is 23.3 Å². The van der Waals surface area contributed by atoms with Crippen molar-refractivity contribution in [2.24, 2.45) is 0 Å². The molecule has 1 heterocycles. The van der Waals surface area contributed by atoms with Crippen molar-refractivity contribution in [3.05, 3.63) is 27.5 Å². The van der Waals surface area contributed by atoms with E-state index in [0.717, 1.165) is 20.6 Å². The first-order valence-corrected chi connectivity index (χ1v) is 7.77. The summed E-state index contributed by atoms with van der Waals surface area (Å²) in [7, 11) is 3.25. The largest absolute Gasteiger partial charge is 0.497 e. The summed E-state index contributed by atoms with van der Waals surface area (Å²) in [6.45, 7) is 0. The summed E-state index contributed by atoms with van der Waals surface area (Å²) in [4.78, 5) is 9.13. The number of aromatic nitrogens is 2. The van der Waals surface area contributed by atoms with Gasteiger partial charge in [0.2, 0.25) is 0 Å². The van der Waals surface area contributed by atoms with Gasteiger partial charge >= 0.3 is 0 Å². The Morgan fingerprint density at radius 1 is 1.19 bits per heavy atom. The van der Waals surface area contributed by atoms with Crippen molar-refractivity contribution in [2.45, 2.75) is 18.8 Å². The number of hydrogen-bond donors (Lipinski definition) is 1. The summed E-state index contributed by atoms with van der Waals surface area (Å²) < 4.78 is 11.6. The number of nitrogens with zero attached hydrogens (tertiary/aromatic N) is 2. The lowest BCUT2D eigenvalue weighted by Crippen LogP contribution is -2.05. The summed E-state index contributed by atoms with van der Waals surface area (Å²) >= 11 is 2.22. The van der Waals surface area contributed by atoms with Crippen LogP contribution in [0.2, 0.25) is 0 Å². The SMILES string of the molecule is COc1ccc(-c2nc(N)c(I)c(C3CC3)n2)c(OC)c1. The van der Waals surface area contributed by atoms with Crippen LogP contribution in [-0.4, -0.2) is 24.2 Å². The smallest absolute Gasteiger partial charge is 0.165 e. The van der Waals surface area contributed by atoms with Crippen LogP contribution in [0.25, 0.3) is 11.4 Å². The predicted octanol–water partition coefficient (Wildman–Crippen LogP) is 3.23. The molecule has 2 N–H and O–H groups in total. The van der Waals surface area contributed by atoms with E-state index in [1.165, 1.54) is 12.8 Å². The molecule has 0 atom stereocenters. The van der Waals surface area contributed by atoms with Gasteiger partial charge in [-0.05, 0) is 47.6 Å². The second kappa shape index (κ2) is 5.67. The average molecular weight is 397 g/mol. The minimum Gasteiger partial charge on any atom is -0.497 e. The van der Waals surface area contributed by atoms with Crippen LogP contribution >= 0.6 is 22.6 Å². The first-order valence-electron chi connectivity index (χ1n) is 6.69. The highest BCUT2D eigenvalue weighted by molar-refractivity contribution is 14.1. The maximum atomic E-state index is 6.05. The number of halogens is 1. The Morgan fingerprint density at radius 3 is 2.57 bits per heavy atom. The first kappa shape index (κ1) is 14.4. The van der Waals surface area contributed by atoms with E-state index in [4.69, 9.17) is 20.2 Å². The van der Waals surface area contributed by atoms with Crippen LogP contribution in [0.3, 0.4) is 0 Å². The number of nitrogens with two attached hydrogens (primary N) is 1. The number of rotatable bonds is 4. The molecule has 1 fully saturated rings. The zero-order chi connectivity index (χ0) is 15.0. The van der Waals surface area contributed by atoms with Gasteiger partial charge in [-0.1, -0.05) is 0 Å². The summed E-state index contributed by atoms with van der Waals surface area (Å²) in [6.07, 6.45) is 2.34. The first-order chi connectivity index (χ1) is 10.1. The van der Waals surface area contributed by atoms with E-state index < -0.39 is 0 Å². The molecule has 0 bridgehead atoms. The topological polar surface area (TPSA) is 70.3 Å². The Kier molecular flexibility index (Phi) is 3.88. The Morgan fingerprint density at radius 2 is 1.95 bits per heavy atom. The Labute approximate surface area is 137 Å². The van der Waals surface area contributed by atoms with Crippen molar-refractivity contribution < 1.29 is 9.47 Å². The van der Waals surface area contributed by atoms with Gasteiger partial charge in [-0.2, -0.15) is 0 Å². The molecular weight excluding hydrogens is 381 g/mol. The van der Waals surface area contributed by atoms with Crippen LogP contribution < -0.4 is 15.2 Å². The van der Waals surface area contributed by atoms with Gasteiger partial charge in [0.15, 0.2) is 5.82 Å². The fraction of sp³-hybridized carbons (Fsp3) is 0.333. The van der Waals surface area contributed by atoms with Gasteiger partial charge in [0.1, 0.15) is 17.3 Å².